The lowest BCUT2D eigenvalue weighted by atomic mass is 9.85. The lowest BCUT2D eigenvalue weighted by molar-refractivity contribution is -0.135. The molecular weight excluding hydrogens is 450 g/mol. The Hall–Kier alpha value is -3.19. The van der Waals surface area contributed by atoms with E-state index in [9.17, 15) is 9.59 Å². The van der Waals surface area contributed by atoms with E-state index in [1.807, 2.05) is 23.2 Å². The predicted octanol–water partition coefficient (Wildman–Crippen LogP) is 4.76. The van der Waals surface area contributed by atoms with Crippen molar-refractivity contribution in [2.75, 3.05) is 26.2 Å². The summed E-state index contributed by atoms with van der Waals surface area (Å²) in [4.78, 5) is 40.8. The van der Waals surface area contributed by atoms with Crippen molar-refractivity contribution in [3.8, 4) is 0 Å². The third-order valence-electron chi connectivity index (χ3n) is 7.83. The minimum atomic E-state index is -0.707. The molecule has 0 unspecified atom stereocenters. The third kappa shape index (κ3) is 4.52. The van der Waals surface area contributed by atoms with Crippen molar-refractivity contribution in [2.24, 2.45) is 5.92 Å². The van der Waals surface area contributed by atoms with Gasteiger partial charge in [0, 0.05) is 61.7 Å². The number of amides is 3. The normalized spacial score (nSPS) is 18.3. The Kier molecular flexibility index (Phi) is 6.84. The van der Waals surface area contributed by atoms with Gasteiger partial charge in [0.25, 0.3) is 5.91 Å². The summed E-state index contributed by atoms with van der Waals surface area (Å²) in [6.07, 6.45) is 6.54. The fraction of sp³-hybridized carbons (Fsp3) is 0.483. The molecule has 0 saturated carbocycles. The number of para-hydroxylation sites is 1. The highest BCUT2D eigenvalue weighted by Gasteiger charge is 2.57. The van der Waals surface area contributed by atoms with E-state index in [-0.39, 0.29) is 11.9 Å². The number of pyridine rings is 1. The Morgan fingerprint density at radius 1 is 1.08 bits per heavy atom. The number of carbonyl (C=O) groups excluding carboxylic acids is 2. The molecule has 7 heteroatoms. The van der Waals surface area contributed by atoms with Gasteiger partial charge in [-0.1, -0.05) is 38.1 Å². The summed E-state index contributed by atoms with van der Waals surface area (Å²) >= 11 is 0. The Labute approximate surface area is 213 Å². The van der Waals surface area contributed by atoms with Gasteiger partial charge >= 0.3 is 6.03 Å². The summed E-state index contributed by atoms with van der Waals surface area (Å²) in [5.41, 5.74) is 4.11. The summed E-state index contributed by atoms with van der Waals surface area (Å²) in [5, 5.41) is 1.27. The Morgan fingerprint density at radius 2 is 1.86 bits per heavy atom. The van der Waals surface area contributed by atoms with Crippen LogP contribution in [-0.2, 0) is 17.8 Å². The molecule has 7 nitrogen and oxygen atoms in total. The maximum Gasteiger partial charge on any atom is 0.327 e. The first kappa shape index (κ1) is 24.5. The maximum absolute atomic E-state index is 13.8. The minimum Gasteiger partial charge on any atom is -0.358 e. The maximum atomic E-state index is 13.8. The van der Waals surface area contributed by atoms with Gasteiger partial charge in [-0.15, -0.1) is 0 Å². The fourth-order valence-corrected chi connectivity index (χ4v) is 5.91. The quantitative estimate of drug-likeness (QED) is 0.465. The first-order valence-electron chi connectivity index (χ1n) is 13.2. The average Bonchev–Trinajstić information content (AvgIpc) is 3.28. The molecule has 2 aromatic heterocycles. The monoisotopic (exact) mass is 487 g/mol. The van der Waals surface area contributed by atoms with Crippen LogP contribution in [0.4, 0.5) is 4.79 Å². The van der Waals surface area contributed by atoms with E-state index < -0.39 is 5.54 Å². The van der Waals surface area contributed by atoms with E-state index in [0.717, 1.165) is 38.0 Å². The Balaban J connectivity index is 1.29. The highest BCUT2D eigenvalue weighted by molar-refractivity contribution is 6.07. The molecule has 0 bridgehead atoms. The number of hydrogen-bond donors (Lipinski definition) is 1. The number of hydrogen-bond acceptors (Lipinski definition) is 4. The molecule has 1 spiro atoms. The van der Waals surface area contributed by atoms with Gasteiger partial charge in [0.2, 0.25) is 0 Å². The largest absolute Gasteiger partial charge is 0.358 e. The van der Waals surface area contributed by atoms with Crippen LogP contribution in [0.1, 0.15) is 49.9 Å². The predicted molar refractivity (Wildman–Crippen MR) is 141 cm³/mol. The smallest absolute Gasteiger partial charge is 0.327 e. The highest BCUT2D eigenvalue weighted by Crippen LogP contribution is 2.38. The van der Waals surface area contributed by atoms with E-state index in [4.69, 9.17) is 0 Å². The number of piperidine rings is 1. The van der Waals surface area contributed by atoms with Crippen molar-refractivity contribution in [3.05, 3.63) is 65.6 Å². The van der Waals surface area contributed by atoms with Gasteiger partial charge in [-0.3, -0.25) is 19.6 Å². The molecular formula is C29H37N5O2. The van der Waals surface area contributed by atoms with Crippen LogP contribution < -0.4 is 0 Å². The van der Waals surface area contributed by atoms with Crippen molar-refractivity contribution in [2.45, 2.75) is 58.5 Å². The molecule has 2 aliphatic heterocycles. The number of rotatable bonds is 8. The van der Waals surface area contributed by atoms with Gasteiger partial charge in [-0.25, -0.2) is 4.79 Å². The topological polar surface area (TPSA) is 72.5 Å². The standard InChI is InChI=1S/C29H37N5O2/c1-21(2)19-34-28(36)33(15-7-9-23-8-6-14-30-18-23)27(35)29(34)12-16-32(17-13-29)20-25-22(3)31-26-11-5-4-10-24(25)26/h4-6,8,10-11,14,18,21,31H,7,9,12-13,15-17,19-20H2,1-3H3. The van der Waals surface area contributed by atoms with Crippen LogP contribution in [-0.4, -0.2) is 68.3 Å². The van der Waals surface area contributed by atoms with Crippen LogP contribution in [0.25, 0.3) is 10.9 Å². The molecule has 5 rings (SSSR count). The number of imide groups is 1. The van der Waals surface area contributed by atoms with Crippen molar-refractivity contribution in [1.29, 1.82) is 0 Å². The van der Waals surface area contributed by atoms with Crippen molar-refractivity contribution in [3.63, 3.8) is 0 Å². The zero-order valence-corrected chi connectivity index (χ0v) is 21.7. The number of aromatic amines is 1. The summed E-state index contributed by atoms with van der Waals surface area (Å²) < 4.78 is 0. The molecule has 0 atom stereocenters. The second-order valence-corrected chi connectivity index (χ2v) is 10.8. The van der Waals surface area contributed by atoms with Crippen molar-refractivity contribution < 1.29 is 9.59 Å². The van der Waals surface area contributed by atoms with Crippen LogP contribution >= 0.6 is 0 Å². The number of likely N-dealkylation sites (tertiary alicyclic amines) is 1. The molecule has 36 heavy (non-hydrogen) atoms. The molecule has 2 saturated heterocycles. The van der Waals surface area contributed by atoms with E-state index in [1.165, 1.54) is 27.1 Å². The van der Waals surface area contributed by atoms with Crippen LogP contribution in [0.15, 0.2) is 48.8 Å². The molecule has 1 N–H and O–H groups in total. The summed E-state index contributed by atoms with van der Waals surface area (Å²) in [6, 6.07) is 12.3. The Bertz CT molecular complexity index is 1230. The lowest BCUT2D eigenvalue weighted by Crippen LogP contribution is -2.57. The SMILES string of the molecule is Cc1[nH]c2ccccc2c1CN1CCC2(CC1)C(=O)N(CCCc1cccnc1)C(=O)N2CC(C)C. The van der Waals surface area contributed by atoms with Crippen molar-refractivity contribution >= 4 is 22.8 Å². The molecule has 3 aromatic rings. The number of nitrogens with zero attached hydrogens (tertiary/aromatic N) is 4. The van der Waals surface area contributed by atoms with E-state index >= 15 is 0 Å². The third-order valence-corrected chi connectivity index (χ3v) is 7.83. The molecule has 3 amide bonds. The average molecular weight is 488 g/mol. The van der Waals surface area contributed by atoms with Crippen LogP contribution in [0.3, 0.4) is 0 Å². The zero-order chi connectivity index (χ0) is 25.3. The summed E-state index contributed by atoms with van der Waals surface area (Å²) in [5.74, 6) is 0.308. The number of benzene rings is 1. The van der Waals surface area contributed by atoms with Gasteiger partial charge in [0.1, 0.15) is 5.54 Å². The fourth-order valence-electron chi connectivity index (χ4n) is 5.91. The Morgan fingerprint density at radius 3 is 2.58 bits per heavy atom. The minimum absolute atomic E-state index is 0.00209. The number of urea groups is 1. The number of H-pyrrole nitrogens is 1. The van der Waals surface area contributed by atoms with E-state index in [1.54, 1.807) is 6.20 Å². The molecule has 0 radical (unpaired) electrons. The van der Waals surface area contributed by atoms with Crippen LogP contribution in [0, 0.1) is 12.8 Å². The molecule has 190 valence electrons. The zero-order valence-electron chi connectivity index (χ0n) is 21.7. The van der Waals surface area contributed by atoms with Crippen molar-refractivity contribution in [1.82, 2.24) is 24.7 Å². The molecule has 4 heterocycles. The van der Waals surface area contributed by atoms with E-state index in [0.29, 0.717) is 31.8 Å². The first-order chi connectivity index (χ1) is 17.4. The lowest BCUT2D eigenvalue weighted by Gasteiger charge is -2.42. The van der Waals surface area contributed by atoms with Gasteiger partial charge in [-0.05, 0) is 61.8 Å². The molecule has 2 fully saturated rings. The first-order valence-corrected chi connectivity index (χ1v) is 13.2. The van der Waals surface area contributed by atoms with E-state index in [2.05, 4.69) is 59.9 Å². The molecule has 2 aliphatic rings. The summed E-state index contributed by atoms with van der Waals surface area (Å²) in [7, 11) is 0. The van der Waals surface area contributed by atoms with Gasteiger partial charge < -0.3 is 9.88 Å². The van der Waals surface area contributed by atoms with Crippen LogP contribution in [0.2, 0.25) is 0 Å². The number of nitrogens with one attached hydrogen (secondary N) is 1. The second kappa shape index (κ2) is 10.1. The van der Waals surface area contributed by atoms with Gasteiger partial charge in [-0.2, -0.15) is 0 Å². The van der Waals surface area contributed by atoms with Gasteiger partial charge in [0.05, 0.1) is 0 Å². The number of aryl methyl sites for hydroxylation is 2. The second-order valence-electron chi connectivity index (χ2n) is 10.8. The number of carbonyl (C=O) groups is 2. The van der Waals surface area contributed by atoms with Crippen LogP contribution in [0.5, 0.6) is 0 Å². The molecule has 1 aromatic carbocycles. The number of aromatic nitrogens is 2. The van der Waals surface area contributed by atoms with Gasteiger partial charge in [0.15, 0.2) is 0 Å². The number of fused-ring (bicyclic) bond motifs is 1. The highest BCUT2D eigenvalue weighted by atomic mass is 16.2. The molecule has 0 aliphatic carbocycles. The summed E-state index contributed by atoms with van der Waals surface area (Å²) in [6.45, 7) is 9.90.